The van der Waals surface area contributed by atoms with Crippen molar-refractivity contribution in [3.8, 4) is 5.75 Å². The predicted octanol–water partition coefficient (Wildman–Crippen LogP) is 3.64. The van der Waals surface area contributed by atoms with Gasteiger partial charge in [0.1, 0.15) is 11.3 Å². The van der Waals surface area contributed by atoms with E-state index in [0.717, 1.165) is 41.8 Å². The zero-order chi connectivity index (χ0) is 21.8. The highest BCUT2D eigenvalue weighted by Gasteiger charge is 2.27. The molecule has 0 spiro atoms. The second-order valence-corrected chi connectivity index (χ2v) is 7.93. The molecule has 1 aromatic heterocycles. The van der Waals surface area contributed by atoms with Crippen LogP contribution in [0.2, 0.25) is 0 Å². The number of ether oxygens (including phenoxy) is 1. The summed E-state index contributed by atoms with van der Waals surface area (Å²) in [7, 11) is 1.62. The summed E-state index contributed by atoms with van der Waals surface area (Å²) < 4.78 is 10.7. The smallest absolute Gasteiger partial charge is 0.336 e. The molecule has 0 saturated carbocycles. The van der Waals surface area contributed by atoms with Crippen LogP contribution in [0.1, 0.15) is 30.4 Å². The second kappa shape index (κ2) is 9.35. The Bertz CT molecular complexity index is 1100. The Hall–Kier alpha value is -3.12. The summed E-state index contributed by atoms with van der Waals surface area (Å²) in [5.41, 5.74) is 2.20. The summed E-state index contributed by atoms with van der Waals surface area (Å²) >= 11 is 0. The Kier molecular flexibility index (Phi) is 6.37. The van der Waals surface area contributed by atoms with Gasteiger partial charge in [0.05, 0.1) is 13.0 Å². The largest absolute Gasteiger partial charge is 0.497 e. The van der Waals surface area contributed by atoms with E-state index in [1.54, 1.807) is 25.3 Å². The van der Waals surface area contributed by atoms with E-state index in [1.807, 2.05) is 41.3 Å². The molecule has 4 rings (SSSR count). The van der Waals surface area contributed by atoms with E-state index in [-0.39, 0.29) is 17.5 Å². The number of nitrogens with zero attached hydrogens (tertiary/aromatic N) is 2. The third-order valence-electron chi connectivity index (χ3n) is 6.02. The normalized spacial score (nSPS) is 15.7. The zero-order valence-corrected chi connectivity index (χ0v) is 18.0. The van der Waals surface area contributed by atoms with Crippen LogP contribution in [0.4, 0.5) is 0 Å². The monoisotopic (exact) mass is 420 g/mol. The number of piperazine rings is 1. The molecule has 2 heterocycles. The van der Waals surface area contributed by atoms with Crippen LogP contribution in [0.3, 0.4) is 0 Å². The van der Waals surface area contributed by atoms with Crippen molar-refractivity contribution in [1.29, 1.82) is 0 Å². The predicted molar refractivity (Wildman–Crippen MR) is 120 cm³/mol. The van der Waals surface area contributed by atoms with Crippen molar-refractivity contribution in [2.24, 2.45) is 0 Å². The molecule has 31 heavy (non-hydrogen) atoms. The van der Waals surface area contributed by atoms with Gasteiger partial charge in [0.2, 0.25) is 5.91 Å². The van der Waals surface area contributed by atoms with Crippen LogP contribution in [0.15, 0.2) is 63.8 Å². The van der Waals surface area contributed by atoms with Gasteiger partial charge in [-0.3, -0.25) is 9.69 Å². The lowest BCUT2D eigenvalue weighted by Gasteiger charge is -2.36. The topological polar surface area (TPSA) is 63.0 Å². The molecule has 0 aliphatic carbocycles. The summed E-state index contributed by atoms with van der Waals surface area (Å²) in [6.45, 7) is 5.60. The fourth-order valence-electron chi connectivity index (χ4n) is 4.29. The lowest BCUT2D eigenvalue weighted by Crippen LogP contribution is -2.49. The zero-order valence-electron chi connectivity index (χ0n) is 18.0. The summed E-state index contributed by atoms with van der Waals surface area (Å²) in [6, 6.07) is 17.0. The molecule has 1 saturated heterocycles. The molecule has 6 nitrogen and oxygen atoms in total. The van der Waals surface area contributed by atoms with Gasteiger partial charge in [0.25, 0.3) is 0 Å². The number of hydrogen-bond acceptors (Lipinski definition) is 5. The van der Waals surface area contributed by atoms with Gasteiger partial charge >= 0.3 is 5.63 Å². The molecule has 0 radical (unpaired) electrons. The van der Waals surface area contributed by atoms with Crippen LogP contribution >= 0.6 is 0 Å². The standard InChI is InChI=1S/C25H28N2O4/c1-3-21(18-7-5-4-6-8-18)25(29)27-13-11-26(12-14-27)17-19-15-24(28)31-23-10-9-20(30-2)16-22(19)23/h4-10,15-16,21H,3,11-14,17H2,1-2H3. The molecule has 3 aromatic rings. The molecule has 2 aromatic carbocycles. The third kappa shape index (κ3) is 4.64. The highest BCUT2D eigenvalue weighted by atomic mass is 16.5. The van der Waals surface area contributed by atoms with Crippen LogP contribution in [-0.2, 0) is 11.3 Å². The van der Waals surface area contributed by atoms with Crippen molar-refractivity contribution in [3.63, 3.8) is 0 Å². The first-order valence-electron chi connectivity index (χ1n) is 10.8. The highest BCUT2D eigenvalue weighted by Crippen LogP contribution is 2.25. The lowest BCUT2D eigenvalue weighted by molar-refractivity contribution is -0.134. The van der Waals surface area contributed by atoms with Gasteiger partial charge in [0.15, 0.2) is 0 Å². The van der Waals surface area contributed by atoms with E-state index in [1.165, 1.54) is 0 Å². The van der Waals surface area contributed by atoms with Crippen molar-refractivity contribution >= 4 is 16.9 Å². The first kappa shape index (κ1) is 21.1. The molecule has 1 amide bonds. The maximum absolute atomic E-state index is 13.1. The molecule has 6 heteroatoms. The van der Waals surface area contributed by atoms with E-state index in [2.05, 4.69) is 11.8 Å². The van der Waals surface area contributed by atoms with Gasteiger partial charge in [-0.05, 0) is 35.7 Å². The molecular weight excluding hydrogens is 392 g/mol. The number of carbonyl (C=O) groups excluding carboxylic acids is 1. The third-order valence-corrected chi connectivity index (χ3v) is 6.02. The number of benzene rings is 2. The molecule has 0 N–H and O–H groups in total. The van der Waals surface area contributed by atoms with Crippen LogP contribution in [0.25, 0.3) is 11.0 Å². The molecule has 162 valence electrons. The minimum Gasteiger partial charge on any atom is -0.497 e. The lowest BCUT2D eigenvalue weighted by atomic mass is 9.95. The average Bonchev–Trinajstić information content (AvgIpc) is 2.80. The number of fused-ring (bicyclic) bond motifs is 1. The first-order chi connectivity index (χ1) is 15.1. The first-order valence-corrected chi connectivity index (χ1v) is 10.8. The van der Waals surface area contributed by atoms with Crippen molar-refractivity contribution in [1.82, 2.24) is 9.80 Å². The van der Waals surface area contributed by atoms with Gasteiger partial charge in [-0.1, -0.05) is 37.3 Å². The number of methoxy groups -OCH3 is 1. The van der Waals surface area contributed by atoms with Gasteiger partial charge in [-0.15, -0.1) is 0 Å². The van der Waals surface area contributed by atoms with E-state index >= 15 is 0 Å². The quantitative estimate of drug-likeness (QED) is 0.570. The van der Waals surface area contributed by atoms with Crippen molar-refractivity contribution < 1.29 is 13.9 Å². The molecule has 1 unspecified atom stereocenters. The van der Waals surface area contributed by atoms with Crippen LogP contribution in [0.5, 0.6) is 5.75 Å². The summed E-state index contributed by atoms with van der Waals surface area (Å²) in [5, 5.41) is 0.882. The van der Waals surface area contributed by atoms with Crippen LogP contribution in [0, 0.1) is 0 Å². The van der Waals surface area contributed by atoms with Gasteiger partial charge in [0, 0.05) is 44.2 Å². The highest BCUT2D eigenvalue weighted by molar-refractivity contribution is 5.84. The fourth-order valence-corrected chi connectivity index (χ4v) is 4.29. The van der Waals surface area contributed by atoms with Crippen LogP contribution < -0.4 is 10.4 Å². The molecule has 1 fully saturated rings. The Morgan fingerprint density at radius 2 is 1.81 bits per heavy atom. The Morgan fingerprint density at radius 1 is 1.06 bits per heavy atom. The molecule has 0 bridgehead atoms. The number of carbonyl (C=O) groups is 1. The number of amides is 1. The van der Waals surface area contributed by atoms with Gasteiger partial charge in [-0.2, -0.15) is 0 Å². The summed E-state index contributed by atoms with van der Waals surface area (Å²) in [6.07, 6.45) is 0.788. The van der Waals surface area contributed by atoms with Crippen molar-refractivity contribution in [3.05, 3.63) is 76.1 Å². The van der Waals surface area contributed by atoms with Crippen molar-refractivity contribution in [2.75, 3.05) is 33.3 Å². The van der Waals surface area contributed by atoms with E-state index < -0.39 is 0 Å². The van der Waals surface area contributed by atoms with E-state index in [9.17, 15) is 9.59 Å². The number of rotatable bonds is 6. The Labute approximate surface area is 182 Å². The van der Waals surface area contributed by atoms with Gasteiger partial charge < -0.3 is 14.1 Å². The Balaban J connectivity index is 1.45. The number of hydrogen-bond donors (Lipinski definition) is 0. The van der Waals surface area contributed by atoms with E-state index in [4.69, 9.17) is 9.15 Å². The average molecular weight is 421 g/mol. The minimum absolute atomic E-state index is 0.0945. The molecular formula is C25H28N2O4. The SMILES string of the molecule is CCC(C(=O)N1CCN(Cc2cc(=O)oc3ccc(OC)cc23)CC1)c1ccccc1. The van der Waals surface area contributed by atoms with Gasteiger partial charge in [-0.25, -0.2) is 4.79 Å². The minimum atomic E-state index is -0.352. The maximum atomic E-state index is 13.1. The van der Waals surface area contributed by atoms with Crippen molar-refractivity contribution in [2.45, 2.75) is 25.8 Å². The molecule has 1 atom stereocenters. The molecule has 1 aliphatic rings. The fraction of sp³-hybridized carbons (Fsp3) is 0.360. The summed E-state index contributed by atoms with van der Waals surface area (Å²) in [5.74, 6) is 0.830. The van der Waals surface area contributed by atoms with E-state index in [0.29, 0.717) is 25.2 Å². The molecule has 1 aliphatic heterocycles. The maximum Gasteiger partial charge on any atom is 0.336 e. The van der Waals surface area contributed by atoms with Crippen LogP contribution in [-0.4, -0.2) is 49.0 Å². The Morgan fingerprint density at radius 3 is 2.48 bits per heavy atom. The summed E-state index contributed by atoms with van der Waals surface area (Å²) in [4.78, 5) is 29.4. The second-order valence-electron chi connectivity index (χ2n) is 7.93.